The predicted molar refractivity (Wildman–Crippen MR) is 69.3 cm³/mol. The maximum atomic E-state index is 13.3. The molecular weight excluding hydrogens is 269 g/mol. The second-order valence-electron chi connectivity index (χ2n) is 4.84. The van der Waals surface area contributed by atoms with E-state index in [0.29, 0.717) is 10.5 Å². The first-order valence-corrected chi connectivity index (χ1v) is 6.57. The molecule has 16 heavy (non-hydrogen) atoms. The van der Waals surface area contributed by atoms with Crippen molar-refractivity contribution in [2.24, 2.45) is 5.92 Å². The van der Waals surface area contributed by atoms with Gasteiger partial charge in [0.15, 0.2) is 0 Å². The standard InChI is InChI=1S/C13H17BrFN/c1-8-3-4-10(5-8)16-13-7-11(14)12(15)6-9(13)2/h6-8,10,16H,3-5H2,1-2H3. The van der Waals surface area contributed by atoms with Crippen LogP contribution in [0.2, 0.25) is 0 Å². The monoisotopic (exact) mass is 285 g/mol. The van der Waals surface area contributed by atoms with E-state index in [4.69, 9.17) is 0 Å². The van der Waals surface area contributed by atoms with Crippen LogP contribution >= 0.6 is 15.9 Å². The summed E-state index contributed by atoms with van der Waals surface area (Å²) in [6.45, 7) is 4.23. The highest BCUT2D eigenvalue weighted by atomic mass is 79.9. The van der Waals surface area contributed by atoms with Crippen LogP contribution in [0.4, 0.5) is 10.1 Å². The maximum absolute atomic E-state index is 13.3. The van der Waals surface area contributed by atoms with Gasteiger partial charge in [-0.2, -0.15) is 0 Å². The predicted octanol–water partition coefficient (Wildman–Crippen LogP) is 4.50. The van der Waals surface area contributed by atoms with Crippen molar-refractivity contribution in [1.29, 1.82) is 0 Å². The fraction of sp³-hybridized carbons (Fsp3) is 0.538. The molecule has 3 heteroatoms. The molecule has 1 saturated carbocycles. The highest BCUT2D eigenvalue weighted by Gasteiger charge is 2.21. The van der Waals surface area contributed by atoms with Crippen molar-refractivity contribution in [3.63, 3.8) is 0 Å². The Balaban J connectivity index is 2.12. The number of hydrogen-bond donors (Lipinski definition) is 1. The second kappa shape index (κ2) is 4.74. The quantitative estimate of drug-likeness (QED) is 0.844. The summed E-state index contributed by atoms with van der Waals surface area (Å²) in [6.07, 6.45) is 3.73. The summed E-state index contributed by atoms with van der Waals surface area (Å²) in [5.41, 5.74) is 2.02. The highest BCUT2D eigenvalue weighted by molar-refractivity contribution is 9.10. The van der Waals surface area contributed by atoms with Gasteiger partial charge in [0.25, 0.3) is 0 Å². The summed E-state index contributed by atoms with van der Waals surface area (Å²) in [4.78, 5) is 0. The molecule has 1 N–H and O–H groups in total. The van der Waals surface area contributed by atoms with E-state index >= 15 is 0 Å². The van der Waals surface area contributed by atoms with E-state index in [0.717, 1.165) is 17.2 Å². The number of anilines is 1. The molecule has 1 aromatic carbocycles. The van der Waals surface area contributed by atoms with Gasteiger partial charge in [0.05, 0.1) is 4.47 Å². The molecule has 2 unspecified atom stereocenters. The fourth-order valence-corrected chi connectivity index (χ4v) is 2.70. The number of nitrogens with one attached hydrogen (secondary N) is 1. The zero-order valence-corrected chi connectivity index (χ0v) is 11.3. The largest absolute Gasteiger partial charge is 0.382 e. The number of benzene rings is 1. The lowest BCUT2D eigenvalue weighted by Crippen LogP contribution is -2.16. The van der Waals surface area contributed by atoms with Gasteiger partial charge in [-0.05, 0) is 65.7 Å². The third-order valence-corrected chi connectivity index (χ3v) is 3.93. The Morgan fingerprint density at radius 2 is 2.12 bits per heavy atom. The van der Waals surface area contributed by atoms with Gasteiger partial charge in [0.1, 0.15) is 5.82 Å². The van der Waals surface area contributed by atoms with Crippen molar-refractivity contribution in [3.8, 4) is 0 Å². The fourth-order valence-electron chi connectivity index (χ4n) is 2.36. The molecule has 0 bridgehead atoms. The Morgan fingerprint density at radius 1 is 1.38 bits per heavy atom. The van der Waals surface area contributed by atoms with Gasteiger partial charge in [0, 0.05) is 11.7 Å². The van der Waals surface area contributed by atoms with Gasteiger partial charge in [0.2, 0.25) is 0 Å². The molecule has 1 fully saturated rings. The second-order valence-corrected chi connectivity index (χ2v) is 5.70. The lowest BCUT2D eigenvalue weighted by molar-refractivity contribution is 0.602. The van der Waals surface area contributed by atoms with Gasteiger partial charge < -0.3 is 5.32 Å². The van der Waals surface area contributed by atoms with Crippen LogP contribution in [0, 0.1) is 18.7 Å². The molecule has 2 atom stereocenters. The summed E-state index contributed by atoms with van der Waals surface area (Å²) in [6, 6.07) is 3.96. The summed E-state index contributed by atoms with van der Waals surface area (Å²) < 4.78 is 13.8. The van der Waals surface area contributed by atoms with Crippen LogP contribution in [0.5, 0.6) is 0 Å². The third kappa shape index (κ3) is 2.57. The zero-order chi connectivity index (χ0) is 11.7. The Kier molecular flexibility index (Phi) is 3.53. The first-order valence-electron chi connectivity index (χ1n) is 5.78. The zero-order valence-electron chi connectivity index (χ0n) is 9.69. The van der Waals surface area contributed by atoms with E-state index in [9.17, 15) is 4.39 Å². The summed E-state index contributed by atoms with van der Waals surface area (Å²) in [5.74, 6) is 0.615. The van der Waals surface area contributed by atoms with Crippen LogP contribution in [0.1, 0.15) is 31.7 Å². The van der Waals surface area contributed by atoms with Crippen LogP contribution in [-0.4, -0.2) is 6.04 Å². The average molecular weight is 286 g/mol. The molecule has 0 spiro atoms. The van der Waals surface area contributed by atoms with E-state index in [1.54, 1.807) is 6.07 Å². The van der Waals surface area contributed by atoms with Crippen LogP contribution < -0.4 is 5.32 Å². The first kappa shape index (κ1) is 11.9. The van der Waals surface area contributed by atoms with E-state index in [1.807, 2.05) is 13.0 Å². The Labute approximate surface area is 105 Å². The molecule has 1 aliphatic rings. The highest BCUT2D eigenvalue weighted by Crippen LogP contribution is 2.30. The molecule has 0 amide bonds. The summed E-state index contributed by atoms with van der Waals surface area (Å²) >= 11 is 3.23. The molecule has 0 aromatic heterocycles. The first-order chi connectivity index (χ1) is 7.56. The van der Waals surface area contributed by atoms with E-state index in [1.165, 1.54) is 19.3 Å². The molecule has 88 valence electrons. The average Bonchev–Trinajstić information content (AvgIpc) is 2.60. The minimum Gasteiger partial charge on any atom is -0.382 e. The van der Waals surface area contributed by atoms with Crippen molar-refractivity contribution in [2.75, 3.05) is 5.32 Å². The van der Waals surface area contributed by atoms with Crippen molar-refractivity contribution in [3.05, 3.63) is 28.0 Å². The van der Waals surface area contributed by atoms with Crippen LogP contribution in [0.3, 0.4) is 0 Å². The van der Waals surface area contributed by atoms with Crippen LogP contribution in [-0.2, 0) is 0 Å². The molecular formula is C13H17BrFN. The van der Waals surface area contributed by atoms with Crippen LogP contribution in [0.25, 0.3) is 0 Å². The molecule has 1 nitrogen and oxygen atoms in total. The Bertz CT molecular complexity index is 392. The number of hydrogen-bond acceptors (Lipinski definition) is 1. The van der Waals surface area contributed by atoms with Gasteiger partial charge in [-0.25, -0.2) is 4.39 Å². The van der Waals surface area contributed by atoms with Gasteiger partial charge in [-0.3, -0.25) is 0 Å². The maximum Gasteiger partial charge on any atom is 0.137 e. The van der Waals surface area contributed by atoms with Crippen LogP contribution in [0.15, 0.2) is 16.6 Å². The van der Waals surface area contributed by atoms with Crippen molar-refractivity contribution in [1.82, 2.24) is 0 Å². The van der Waals surface area contributed by atoms with Gasteiger partial charge >= 0.3 is 0 Å². The number of aryl methyl sites for hydroxylation is 1. The SMILES string of the molecule is Cc1cc(F)c(Br)cc1NC1CCC(C)C1. The minimum atomic E-state index is -0.192. The van der Waals surface area contributed by atoms with Crippen molar-refractivity contribution >= 4 is 21.6 Å². The number of rotatable bonds is 2. The summed E-state index contributed by atoms with van der Waals surface area (Å²) in [5, 5.41) is 3.51. The molecule has 2 rings (SSSR count). The lowest BCUT2D eigenvalue weighted by atomic mass is 10.1. The van der Waals surface area contributed by atoms with Gasteiger partial charge in [-0.1, -0.05) is 6.92 Å². The molecule has 0 heterocycles. The molecule has 0 saturated heterocycles. The molecule has 1 aromatic rings. The minimum absolute atomic E-state index is 0.192. The normalized spacial score (nSPS) is 24.8. The Hall–Kier alpha value is -0.570. The molecule has 0 radical (unpaired) electrons. The van der Waals surface area contributed by atoms with Gasteiger partial charge in [-0.15, -0.1) is 0 Å². The lowest BCUT2D eigenvalue weighted by Gasteiger charge is -2.16. The third-order valence-electron chi connectivity index (χ3n) is 3.32. The van der Waals surface area contributed by atoms with E-state index in [-0.39, 0.29) is 5.82 Å². The van der Waals surface area contributed by atoms with Crippen molar-refractivity contribution in [2.45, 2.75) is 39.2 Å². The molecule has 1 aliphatic carbocycles. The Morgan fingerprint density at radius 3 is 2.75 bits per heavy atom. The summed E-state index contributed by atoms with van der Waals surface area (Å²) in [7, 11) is 0. The van der Waals surface area contributed by atoms with Crippen molar-refractivity contribution < 1.29 is 4.39 Å². The molecule has 0 aliphatic heterocycles. The smallest absolute Gasteiger partial charge is 0.137 e. The topological polar surface area (TPSA) is 12.0 Å². The van der Waals surface area contributed by atoms with E-state index in [2.05, 4.69) is 28.2 Å². The number of halogens is 2. The van der Waals surface area contributed by atoms with E-state index < -0.39 is 0 Å².